The Bertz CT molecular complexity index is 1630. The van der Waals surface area contributed by atoms with Crippen molar-refractivity contribution in [3.05, 3.63) is 66.0 Å². The molecule has 1 aliphatic heterocycles. The molecule has 0 radical (unpaired) electrons. The number of halogens is 3. The number of benzene rings is 2. The lowest BCUT2D eigenvalue weighted by molar-refractivity contribution is -0.137. The number of carbonyl (C=O) groups excluding carboxylic acids is 2. The molecule has 11 nitrogen and oxygen atoms in total. The van der Waals surface area contributed by atoms with Crippen LogP contribution >= 0.6 is 0 Å². The van der Waals surface area contributed by atoms with Crippen LogP contribution in [0.1, 0.15) is 58.2 Å². The van der Waals surface area contributed by atoms with Gasteiger partial charge in [0, 0.05) is 30.0 Å². The summed E-state index contributed by atoms with van der Waals surface area (Å²) in [5.74, 6) is -0.382. The summed E-state index contributed by atoms with van der Waals surface area (Å²) in [6.07, 6.45) is -3.37. The molecule has 3 aromatic rings. The van der Waals surface area contributed by atoms with Crippen molar-refractivity contribution in [3.63, 3.8) is 0 Å². The van der Waals surface area contributed by atoms with E-state index >= 15 is 0 Å². The Balaban J connectivity index is 1.61. The van der Waals surface area contributed by atoms with E-state index in [9.17, 15) is 31.2 Å². The first kappa shape index (κ1) is 32.6. The summed E-state index contributed by atoms with van der Waals surface area (Å²) in [7, 11) is -4.60. The van der Waals surface area contributed by atoms with E-state index in [4.69, 9.17) is 9.47 Å². The lowest BCUT2D eigenvalue weighted by atomic mass is 10.1. The Hall–Kier alpha value is -4.27. The van der Waals surface area contributed by atoms with E-state index in [-0.39, 0.29) is 42.7 Å². The number of hydrogen-bond donors (Lipinski definition) is 2. The van der Waals surface area contributed by atoms with Crippen LogP contribution in [0.2, 0.25) is 0 Å². The largest absolute Gasteiger partial charge is 0.486 e. The number of hydrogen-bond acceptors (Lipinski definition) is 7. The predicted octanol–water partition coefficient (Wildman–Crippen LogP) is 5.49. The van der Waals surface area contributed by atoms with E-state index in [0.717, 1.165) is 28.1 Å². The SMILES string of the molecule is CC(C)n1cc(CNC(=O)C[C@H]2CN(S(=O)(=O)c3cccc(C(F)(F)F)c3)c3cc(NC(=O)OC(C)(C)C)ccc3O2)cn1. The molecular weight excluding hydrogens is 603 g/mol. The number of amides is 2. The molecular formula is C29H34F3N5O6S. The first-order valence-electron chi connectivity index (χ1n) is 13.7. The normalized spacial score (nSPS) is 15.4. The highest BCUT2D eigenvalue weighted by molar-refractivity contribution is 7.92. The van der Waals surface area contributed by atoms with Crippen LogP contribution in [0.5, 0.6) is 5.75 Å². The molecule has 1 aromatic heterocycles. The molecule has 0 saturated heterocycles. The van der Waals surface area contributed by atoms with Crippen molar-refractivity contribution in [2.75, 3.05) is 16.2 Å². The molecule has 238 valence electrons. The number of anilines is 2. The maximum absolute atomic E-state index is 13.8. The van der Waals surface area contributed by atoms with Crippen LogP contribution in [-0.2, 0) is 32.3 Å². The average Bonchev–Trinajstić information content (AvgIpc) is 3.40. The van der Waals surface area contributed by atoms with Gasteiger partial charge in [-0.05, 0) is 71.0 Å². The third-order valence-electron chi connectivity index (χ3n) is 6.37. The zero-order chi connectivity index (χ0) is 32.4. The zero-order valence-electron chi connectivity index (χ0n) is 24.8. The molecule has 2 N–H and O–H groups in total. The molecule has 2 amide bonds. The molecule has 15 heteroatoms. The van der Waals surface area contributed by atoms with Crippen LogP contribution in [0, 0.1) is 0 Å². The Morgan fingerprint density at radius 2 is 1.86 bits per heavy atom. The van der Waals surface area contributed by atoms with Gasteiger partial charge in [-0.2, -0.15) is 18.3 Å². The van der Waals surface area contributed by atoms with Gasteiger partial charge in [-0.1, -0.05) is 6.07 Å². The Kier molecular flexibility index (Phi) is 9.18. The monoisotopic (exact) mass is 637 g/mol. The van der Waals surface area contributed by atoms with Gasteiger partial charge in [-0.15, -0.1) is 0 Å². The molecule has 0 spiro atoms. The Morgan fingerprint density at radius 3 is 2.50 bits per heavy atom. The number of rotatable bonds is 8. The molecule has 44 heavy (non-hydrogen) atoms. The van der Waals surface area contributed by atoms with Gasteiger partial charge >= 0.3 is 12.3 Å². The number of nitrogens with zero attached hydrogens (tertiary/aromatic N) is 3. The summed E-state index contributed by atoms with van der Waals surface area (Å²) in [5.41, 5.74) is -1.05. The molecule has 1 aliphatic rings. The first-order valence-corrected chi connectivity index (χ1v) is 15.2. The topological polar surface area (TPSA) is 132 Å². The maximum Gasteiger partial charge on any atom is 0.416 e. The zero-order valence-corrected chi connectivity index (χ0v) is 25.6. The highest BCUT2D eigenvalue weighted by Crippen LogP contribution is 2.40. The summed E-state index contributed by atoms with van der Waals surface area (Å²) in [5, 5.41) is 9.50. The molecule has 0 aliphatic carbocycles. The van der Waals surface area contributed by atoms with E-state index in [1.807, 2.05) is 13.8 Å². The standard InChI is InChI=1S/C29H34F3N5O6S/c1-18(2)36-16-19(15-34-36)14-33-26(38)13-22-17-37(44(40,41)23-8-6-7-20(11-23)29(30,31)32)24-12-21(9-10-25(24)42-22)35-27(39)43-28(3,4)5/h6-12,15-16,18,22H,13-14,17H2,1-5H3,(H,33,38)(H,35,39)/t22-/m0/s1. The van der Waals surface area contributed by atoms with E-state index in [1.54, 1.807) is 37.8 Å². The Morgan fingerprint density at radius 1 is 1.14 bits per heavy atom. The second-order valence-electron chi connectivity index (χ2n) is 11.5. The van der Waals surface area contributed by atoms with E-state index in [0.29, 0.717) is 6.07 Å². The molecule has 0 bridgehead atoms. The summed E-state index contributed by atoms with van der Waals surface area (Å²) >= 11 is 0. The van der Waals surface area contributed by atoms with Crippen LogP contribution in [0.15, 0.2) is 59.8 Å². The van der Waals surface area contributed by atoms with Crippen LogP contribution in [-0.4, -0.2) is 48.4 Å². The third kappa shape index (κ3) is 8.01. The van der Waals surface area contributed by atoms with E-state index in [2.05, 4.69) is 15.7 Å². The highest BCUT2D eigenvalue weighted by atomic mass is 32.2. The lowest BCUT2D eigenvalue weighted by Gasteiger charge is -2.35. The molecule has 0 unspecified atom stereocenters. The molecule has 0 saturated carbocycles. The molecule has 2 aromatic carbocycles. The minimum Gasteiger partial charge on any atom is -0.486 e. The second-order valence-corrected chi connectivity index (χ2v) is 13.4. The van der Waals surface area contributed by atoms with Crippen molar-refractivity contribution in [1.29, 1.82) is 0 Å². The van der Waals surface area contributed by atoms with Crippen molar-refractivity contribution < 1.29 is 40.7 Å². The number of sulfonamides is 1. The number of ether oxygens (including phenoxy) is 2. The lowest BCUT2D eigenvalue weighted by Crippen LogP contribution is -2.45. The van der Waals surface area contributed by atoms with E-state index in [1.165, 1.54) is 18.2 Å². The van der Waals surface area contributed by atoms with Gasteiger partial charge in [-0.3, -0.25) is 19.1 Å². The third-order valence-corrected chi connectivity index (χ3v) is 8.15. The minimum absolute atomic E-state index is 0.0336. The van der Waals surface area contributed by atoms with Crippen molar-refractivity contribution in [3.8, 4) is 5.75 Å². The van der Waals surface area contributed by atoms with Gasteiger partial charge in [0.15, 0.2) is 0 Å². The maximum atomic E-state index is 13.8. The Labute approximate surface area is 253 Å². The van der Waals surface area contributed by atoms with Crippen LogP contribution < -0.4 is 19.7 Å². The van der Waals surface area contributed by atoms with Crippen molar-refractivity contribution in [2.24, 2.45) is 0 Å². The summed E-state index contributed by atoms with van der Waals surface area (Å²) in [6, 6.07) is 7.69. The smallest absolute Gasteiger partial charge is 0.416 e. The number of aromatic nitrogens is 2. The van der Waals surface area contributed by atoms with E-state index < -0.39 is 50.4 Å². The average molecular weight is 638 g/mol. The summed E-state index contributed by atoms with van der Waals surface area (Å²) in [6.45, 7) is 8.73. The highest BCUT2D eigenvalue weighted by Gasteiger charge is 2.38. The van der Waals surface area contributed by atoms with Crippen LogP contribution in [0.4, 0.5) is 29.3 Å². The molecule has 2 heterocycles. The number of alkyl halides is 3. The van der Waals surface area contributed by atoms with Gasteiger partial charge in [0.2, 0.25) is 5.91 Å². The van der Waals surface area contributed by atoms with Crippen LogP contribution in [0.25, 0.3) is 0 Å². The summed E-state index contributed by atoms with van der Waals surface area (Å²) < 4.78 is 81.8. The van der Waals surface area contributed by atoms with Crippen molar-refractivity contribution in [1.82, 2.24) is 15.1 Å². The quantitative estimate of drug-likeness (QED) is 0.334. The van der Waals surface area contributed by atoms with Gasteiger partial charge in [0.1, 0.15) is 17.5 Å². The molecule has 0 fully saturated rings. The second kappa shape index (κ2) is 12.4. The number of carbonyl (C=O) groups is 2. The minimum atomic E-state index is -4.77. The summed E-state index contributed by atoms with van der Waals surface area (Å²) in [4.78, 5) is 24.6. The van der Waals surface area contributed by atoms with Gasteiger partial charge in [-0.25, -0.2) is 13.2 Å². The molecule has 4 rings (SSSR count). The van der Waals surface area contributed by atoms with Gasteiger partial charge in [0.25, 0.3) is 10.0 Å². The van der Waals surface area contributed by atoms with Crippen LogP contribution in [0.3, 0.4) is 0 Å². The van der Waals surface area contributed by atoms with Crippen molar-refractivity contribution in [2.45, 2.75) is 76.4 Å². The number of nitrogens with one attached hydrogen (secondary N) is 2. The predicted molar refractivity (Wildman–Crippen MR) is 156 cm³/mol. The van der Waals surface area contributed by atoms with Gasteiger partial charge in [0.05, 0.1) is 35.3 Å². The van der Waals surface area contributed by atoms with Crippen molar-refractivity contribution >= 4 is 33.4 Å². The fraction of sp³-hybridized carbons (Fsp3) is 0.414. The fourth-order valence-electron chi connectivity index (χ4n) is 4.34. The van der Waals surface area contributed by atoms with Gasteiger partial charge < -0.3 is 14.8 Å². The number of fused-ring (bicyclic) bond motifs is 1. The first-order chi connectivity index (χ1) is 20.4. The fourth-order valence-corrected chi connectivity index (χ4v) is 5.88. The molecule has 1 atom stereocenters.